The van der Waals surface area contributed by atoms with E-state index in [2.05, 4.69) is 41.5 Å². The van der Waals surface area contributed by atoms with Gasteiger partial charge in [0, 0.05) is 34.9 Å². The van der Waals surface area contributed by atoms with Gasteiger partial charge in [0.25, 0.3) is 0 Å². The number of ether oxygens (including phenoxy) is 1. The van der Waals surface area contributed by atoms with Crippen molar-refractivity contribution >= 4 is 22.9 Å². The Bertz CT molecular complexity index is 887. The number of piperidine rings is 1. The number of quaternary nitrogens is 1. The summed E-state index contributed by atoms with van der Waals surface area (Å²) in [7, 11) is 1.43. The maximum atomic E-state index is 12.4. The van der Waals surface area contributed by atoms with E-state index in [1.165, 1.54) is 34.2 Å². The van der Waals surface area contributed by atoms with Gasteiger partial charge in [-0.25, -0.2) is 0 Å². The molecule has 5 heteroatoms. The van der Waals surface area contributed by atoms with E-state index in [9.17, 15) is 9.90 Å². The Morgan fingerprint density at radius 1 is 1.31 bits per heavy atom. The Morgan fingerprint density at radius 3 is 3.00 bits per heavy atom. The highest BCUT2D eigenvalue weighted by Crippen LogP contribution is 2.44. The number of aliphatic hydroxyl groups is 1. The predicted molar refractivity (Wildman–Crippen MR) is 98.2 cm³/mol. The van der Waals surface area contributed by atoms with E-state index < -0.39 is 6.10 Å². The van der Waals surface area contributed by atoms with Crippen LogP contribution in [0.5, 0.6) is 0 Å². The molecule has 3 heterocycles. The third-order valence-electron chi connectivity index (χ3n) is 6.83. The number of methoxy groups -OCH3 is 1. The summed E-state index contributed by atoms with van der Waals surface area (Å²) in [6.45, 7) is 1.01. The minimum absolute atomic E-state index is 0.186. The first kappa shape index (κ1) is 16.1. The molecule has 1 aliphatic carbocycles. The number of carbonyl (C=O) groups is 1. The molecule has 3 aliphatic rings. The number of hydrogen-bond donors (Lipinski definition) is 3. The Hall–Kier alpha value is -2.11. The van der Waals surface area contributed by atoms with Gasteiger partial charge in [-0.3, -0.25) is 4.79 Å². The second-order valence-electron chi connectivity index (χ2n) is 8.02. The molecule has 0 spiro atoms. The van der Waals surface area contributed by atoms with Gasteiger partial charge in [-0.1, -0.05) is 18.2 Å². The number of nitrogens with one attached hydrogen (secondary N) is 2. The van der Waals surface area contributed by atoms with Crippen molar-refractivity contribution < 1.29 is 19.5 Å². The Morgan fingerprint density at radius 2 is 2.15 bits per heavy atom. The van der Waals surface area contributed by atoms with Crippen LogP contribution in [0.15, 0.2) is 30.5 Å². The maximum absolute atomic E-state index is 12.4. The third-order valence-corrected chi connectivity index (χ3v) is 6.83. The summed E-state index contributed by atoms with van der Waals surface area (Å²) in [6.07, 6.45) is 6.55. The molecule has 0 amide bonds. The van der Waals surface area contributed by atoms with Gasteiger partial charge in [-0.05, 0) is 24.8 Å². The molecule has 3 N–H and O–H groups in total. The SMILES string of the molecule is COC(=O)C1C(O)CCC2C[NH+]3C=Cc4c([nH]c5ccccc45)C3CC21. The Kier molecular flexibility index (Phi) is 3.69. The van der Waals surface area contributed by atoms with Crippen LogP contribution in [0.25, 0.3) is 17.0 Å². The molecular weight excluding hydrogens is 328 g/mol. The largest absolute Gasteiger partial charge is 0.469 e. The molecule has 2 aromatic rings. The average Bonchev–Trinajstić information content (AvgIpc) is 3.05. The number of fused-ring (bicyclic) bond motifs is 6. The molecule has 6 atom stereocenters. The highest BCUT2D eigenvalue weighted by molar-refractivity contribution is 5.90. The lowest BCUT2D eigenvalue weighted by Crippen LogP contribution is -3.10. The monoisotopic (exact) mass is 353 g/mol. The molecule has 1 saturated heterocycles. The van der Waals surface area contributed by atoms with Crippen LogP contribution in [-0.2, 0) is 9.53 Å². The molecule has 5 nitrogen and oxygen atoms in total. The zero-order valence-corrected chi connectivity index (χ0v) is 14.9. The predicted octanol–water partition coefficient (Wildman–Crippen LogP) is 1.66. The number of aliphatic hydroxyl groups excluding tert-OH is 1. The first-order valence-electron chi connectivity index (χ1n) is 9.57. The van der Waals surface area contributed by atoms with E-state index in [0.29, 0.717) is 18.4 Å². The van der Waals surface area contributed by atoms with Crippen molar-refractivity contribution in [3.63, 3.8) is 0 Å². The van der Waals surface area contributed by atoms with Gasteiger partial charge >= 0.3 is 5.97 Å². The summed E-state index contributed by atoms with van der Waals surface area (Å²) in [6, 6.07) is 8.72. The number of hydrogen-bond acceptors (Lipinski definition) is 3. The minimum atomic E-state index is -0.577. The summed E-state index contributed by atoms with van der Waals surface area (Å²) in [4.78, 5) is 17.5. The van der Waals surface area contributed by atoms with Crippen molar-refractivity contribution in [2.45, 2.75) is 31.4 Å². The number of carbonyl (C=O) groups excluding carboxylic acids is 1. The highest BCUT2D eigenvalue weighted by Gasteiger charge is 2.51. The van der Waals surface area contributed by atoms with E-state index in [1.807, 2.05) is 0 Å². The number of benzene rings is 1. The second kappa shape index (κ2) is 5.96. The molecule has 2 aliphatic heterocycles. The van der Waals surface area contributed by atoms with Crippen LogP contribution in [0, 0.1) is 17.8 Å². The van der Waals surface area contributed by atoms with Gasteiger partial charge in [-0.15, -0.1) is 0 Å². The highest BCUT2D eigenvalue weighted by atomic mass is 16.5. The Labute approximate surface area is 152 Å². The minimum Gasteiger partial charge on any atom is -0.469 e. The summed E-state index contributed by atoms with van der Waals surface area (Å²) < 4.78 is 5.04. The number of esters is 1. The normalized spacial score (nSPS) is 35.5. The van der Waals surface area contributed by atoms with Gasteiger partial charge in [0.05, 0.1) is 37.6 Å². The summed E-state index contributed by atoms with van der Waals surface area (Å²) >= 11 is 0. The van der Waals surface area contributed by atoms with Gasteiger partial charge in [0.15, 0.2) is 0 Å². The topological polar surface area (TPSA) is 66.8 Å². The smallest absolute Gasteiger partial charge is 0.311 e. The quantitative estimate of drug-likeness (QED) is 0.683. The zero-order chi connectivity index (χ0) is 17.8. The molecule has 1 aromatic heterocycles. The van der Waals surface area contributed by atoms with Crippen molar-refractivity contribution in [2.75, 3.05) is 13.7 Å². The zero-order valence-electron chi connectivity index (χ0n) is 14.9. The molecule has 26 heavy (non-hydrogen) atoms. The van der Waals surface area contributed by atoms with Gasteiger partial charge < -0.3 is 19.7 Å². The molecule has 1 aromatic carbocycles. The van der Waals surface area contributed by atoms with E-state index in [4.69, 9.17) is 4.74 Å². The number of para-hydroxylation sites is 1. The van der Waals surface area contributed by atoms with E-state index >= 15 is 0 Å². The van der Waals surface area contributed by atoms with Crippen LogP contribution >= 0.6 is 0 Å². The molecule has 1 saturated carbocycles. The lowest BCUT2D eigenvalue weighted by Gasteiger charge is -2.47. The standard InChI is InChI=1S/C21H24N2O3/c1-26-21(25)19-15-10-17-20-14(13-4-2-3-5-16(13)22-20)8-9-23(17)11-12(15)6-7-18(19)24/h2-5,8-9,12,15,17-19,22,24H,6-7,10-11H2,1H3/p+1. The van der Waals surface area contributed by atoms with Crippen LogP contribution in [0.1, 0.15) is 36.6 Å². The number of aromatic nitrogens is 1. The maximum Gasteiger partial charge on any atom is 0.311 e. The van der Waals surface area contributed by atoms with E-state index in [1.54, 1.807) is 0 Å². The van der Waals surface area contributed by atoms with Crippen molar-refractivity contribution in [2.24, 2.45) is 17.8 Å². The number of H-pyrrole nitrogens is 1. The molecule has 0 bridgehead atoms. The van der Waals surface area contributed by atoms with Crippen molar-refractivity contribution in [3.05, 3.63) is 41.7 Å². The molecular formula is C21H25N2O3+. The molecule has 6 unspecified atom stereocenters. The molecule has 136 valence electrons. The van der Waals surface area contributed by atoms with Gasteiger partial charge in [0.2, 0.25) is 0 Å². The Balaban J connectivity index is 1.54. The fraction of sp³-hybridized carbons (Fsp3) is 0.476. The molecule has 0 radical (unpaired) electrons. The number of aromatic amines is 1. The van der Waals surface area contributed by atoms with Crippen LogP contribution < -0.4 is 4.90 Å². The first-order valence-corrected chi connectivity index (χ1v) is 9.57. The lowest BCUT2D eigenvalue weighted by molar-refractivity contribution is -0.893. The van der Waals surface area contributed by atoms with Crippen molar-refractivity contribution in [3.8, 4) is 0 Å². The summed E-state index contributed by atoms with van der Waals surface area (Å²) in [5.41, 5.74) is 3.71. The molecule has 5 rings (SSSR count). The fourth-order valence-electron chi connectivity index (χ4n) is 5.60. The van der Waals surface area contributed by atoms with Gasteiger partial charge in [-0.2, -0.15) is 0 Å². The van der Waals surface area contributed by atoms with Crippen LogP contribution in [-0.4, -0.2) is 35.8 Å². The van der Waals surface area contributed by atoms with Crippen LogP contribution in [0.4, 0.5) is 0 Å². The number of rotatable bonds is 1. The van der Waals surface area contributed by atoms with E-state index in [0.717, 1.165) is 19.4 Å². The average molecular weight is 353 g/mol. The van der Waals surface area contributed by atoms with Crippen LogP contribution in [0.3, 0.4) is 0 Å². The fourth-order valence-corrected chi connectivity index (χ4v) is 5.60. The van der Waals surface area contributed by atoms with Gasteiger partial charge in [0.1, 0.15) is 6.04 Å². The van der Waals surface area contributed by atoms with E-state index in [-0.39, 0.29) is 17.8 Å². The first-order chi connectivity index (χ1) is 12.7. The lowest BCUT2D eigenvalue weighted by atomic mass is 9.65. The van der Waals surface area contributed by atoms with Crippen LogP contribution in [0.2, 0.25) is 0 Å². The van der Waals surface area contributed by atoms with Crippen molar-refractivity contribution in [1.82, 2.24) is 4.98 Å². The summed E-state index contributed by atoms with van der Waals surface area (Å²) in [5.74, 6) is 0.00736. The summed E-state index contributed by atoms with van der Waals surface area (Å²) in [5, 5.41) is 11.7. The third kappa shape index (κ3) is 2.27. The second-order valence-corrected chi connectivity index (χ2v) is 8.02. The molecule has 2 fully saturated rings. The van der Waals surface area contributed by atoms with Crippen molar-refractivity contribution in [1.29, 1.82) is 0 Å².